The maximum absolute atomic E-state index is 12.1. The van der Waals surface area contributed by atoms with Crippen LogP contribution in [0.15, 0.2) is 54.6 Å². The zero-order valence-electron chi connectivity index (χ0n) is 14.3. The van der Waals surface area contributed by atoms with Crippen molar-refractivity contribution in [3.63, 3.8) is 0 Å². The molecule has 5 nitrogen and oxygen atoms in total. The van der Waals surface area contributed by atoms with Crippen molar-refractivity contribution in [3.05, 3.63) is 60.2 Å². The van der Waals surface area contributed by atoms with Gasteiger partial charge in [-0.15, -0.1) is 0 Å². The lowest BCUT2D eigenvalue weighted by Gasteiger charge is -2.28. The Bertz CT molecular complexity index is 735. The zero-order chi connectivity index (χ0) is 17.5. The quantitative estimate of drug-likeness (QED) is 0.851. The first-order chi connectivity index (χ1) is 12.3. The summed E-state index contributed by atoms with van der Waals surface area (Å²) < 4.78 is 10.6. The number of morpholine rings is 1. The molecule has 130 valence electrons. The van der Waals surface area contributed by atoms with Crippen LogP contribution in [0.3, 0.4) is 0 Å². The number of anilines is 2. The third kappa shape index (κ3) is 4.61. The average molecular weight is 338 g/mol. The number of benzene rings is 2. The van der Waals surface area contributed by atoms with Gasteiger partial charge in [0.2, 0.25) is 5.91 Å². The molecule has 0 aliphatic carbocycles. The molecule has 0 spiro atoms. The molecule has 2 aromatic rings. The van der Waals surface area contributed by atoms with Crippen LogP contribution in [0.4, 0.5) is 11.4 Å². The Morgan fingerprint density at radius 3 is 2.56 bits per heavy atom. The van der Waals surface area contributed by atoms with Gasteiger partial charge in [-0.1, -0.05) is 18.2 Å². The molecule has 3 rings (SSSR count). The van der Waals surface area contributed by atoms with Crippen LogP contribution in [0.1, 0.15) is 5.56 Å². The van der Waals surface area contributed by atoms with Crippen LogP contribution in [-0.4, -0.2) is 39.3 Å². The van der Waals surface area contributed by atoms with E-state index in [0.29, 0.717) is 0 Å². The van der Waals surface area contributed by atoms with Crippen LogP contribution >= 0.6 is 0 Å². The second-order valence-electron chi connectivity index (χ2n) is 5.71. The highest BCUT2D eigenvalue weighted by Gasteiger charge is 2.10. The molecule has 1 fully saturated rings. The van der Waals surface area contributed by atoms with Crippen molar-refractivity contribution in [1.82, 2.24) is 0 Å². The lowest BCUT2D eigenvalue weighted by Crippen LogP contribution is -2.36. The van der Waals surface area contributed by atoms with Gasteiger partial charge in [0.25, 0.3) is 0 Å². The number of nitrogens with one attached hydrogen (secondary N) is 1. The molecule has 25 heavy (non-hydrogen) atoms. The minimum Gasteiger partial charge on any atom is -0.496 e. The molecule has 1 aliphatic heterocycles. The van der Waals surface area contributed by atoms with E-state index in [0.717, 1.165) is 49.0 Å². The van der Waals surface area contributed by atoms with E-state index in [-0.39, 0.29) is 5.91 Å². The molecular weight excluding hydrogens is 316 g/mol. The molecular formula is C20H22N2O3. The van der Waals surface area contributed by atoms with Gasteiger partial charge in [-0.3, -0.25) is 4.79 Å². The summed E-state index contributed by atoms with van der Waals surface area (Å²) in [6.45, 7) is 3.30. The Morgan fingerprint density at radius 2 is 1.84 bits per heavy atom. The molecule has 2 aromatic carbocycles. The molecule has 0 atom stereocenters. The van der Waals surface area contributed by atoms with Gasteiger partial charge < -0.3 is 19.7 Å². The van der Waals surface area contributed by atoms with Gasteiger partial charge in [0.1, 0.15) is 5.75 Å². The third-order valence-electron chi connectivity index (χ3n) is 4.06. The first-order valence-corrected chi connectivity index (χ1v) is 8.31. The van der Waals surface area contributed by atoms with Crippen LogP contribution in [-0.2, 0) is 9.53 Å². The van der Waals surface area contributed by atoms with Gasteiger partial charge in [-0.05, 0) is 36.4 Å². The van der Waals surface area contributed by atoms with Gasteiger partial charge in [0.15, 0.2) is 0 Å². The van der Waals surface area contributed by atoms with Crippen molar-refractivity contribution in [3.8, 4) is 5.75 Å². The summed E-state index contributed by atoms with van der Waals surface area (Å²) in [5.74, 6) is 0.562. The van der Waals surface area contributed by atoms with Crippen molar-refractivity contribution in [1.29, 1.82) is 0 Å². The molecule has 1 heterocycles. The van der Waals surface area contributed by atoms with E-state index in [1.165, 1.54) is 6.08 Å². The second kappa shape index (κ2) is 8.35. The van der Waals surface area contributed by atoms with Crippen LogP contribution in [0, 0.1) is 0 Å². The largest absolute Gasteiger partial charge is 0.496 e. The summed E-state index contributed by atoms with van der Waals surface area (Å²) in [5, 5.41) is 2.87. The lowest BCUT2D eigenvalue weighted by molar-refractivity contribution is -0.111. The number of carbonyl (C=O) groups excluding carboxylic acids is 1. The van der Waals surface area contributed by atoms with E-state index in [9.17, 15) is 4.79 Å². The van der Waals surface area contributed by atoms with Crippen molar-refractivity contribution < 1.29 is 14.3 Å². The number of nitrogens with zero attached hydrogens (tertiary/aromatic N) is 1. The summed E-state index contributed by atoms with van der Waals surface area (Å²) in [6.07, 6.45) is 3.25. The molecule has 0 aromatic heterocycles. The summed E-state index contributed by atoms with van der Waals surface area (Å²) in [5.41, 5.74) is 2.78. The van der Waals surface area contributed by atoms with Crippen molar-refractivity contribution in [2.75, 3.05) is 43.6 Å². The molecule has 1 aliphatic rings. The molecule has 5 heteroatoms. The van der Waals surface area contributed by atoms with E-state index in [1.807, 2.05) is 48.5 Å². The van der Waals surface area contributed by atoms with E-state index in [1.54, 1.807) is 13.2 Å². The maximum atomic E-state index is 12.1. The van der Waals surface area contributed by atoms with Crippen molar-refractivity contribution in [2.45, 2.75) is 0 Å². The smallest absolute Gasteiger partial charge is 0.248 e. The summed E-state index contributed by atoms with van der Waals surface area (Å²) in [7, 11) is 1.61. The fourth-order valence-electron chi connectivity index (χ4n) is 2.73. The highest BCUT2D eigenvalue weighted by molar-refractivity contribution is 6.02. The predicted octanol–water partition coefficient (Wildman–Crippen LogP) is 3.18. The van der Waals surface area contributed by atoms with Gasteiger partial charge in [-0.25, -0.2) is 0 Å². The first-order valence-electron chi connectivity index (χ1n) is 8.31. The molecule has 1 amide bonds. The molecule has 0 unspecified atom stereocenters. The summed E-state index contributed by atoms with van der Waals surface area (Å²) in [6, 6.07) is 15.4. The average Bonchev–Trinajstić information content (AvgIpc) is 2.68. The Balaban J connectivity index is 1.60. The van der Waals surface area contributed by atoms with E-state index < -0.39 is 0 Å². The topological polar surface area (TPSA) is 50.8 Å². The summed E-state index contributed by atoms with van der Waals surface area (Å²) >= 11 is 0. The van der Waals surface area contributed by atoms with E-state index >= 15 is 0 Å². The number of amides is 1. The van der Waals surface area contributed by atoms with Gasteiger partial charge >= 0.3 is 0 Å². The predicted molar refractivity (Wildman–Crippen MR) is 100 cm³/mol. The third-order valence-corrected chi connectivity index (χ3v) is 4.06. The molecule has 1 saturated heterocycles. The molecule has 0 radical (unpaired) electrons. The minimum absolute atomic E-state index is 0.176. The van der Waals surface area contributed by atoms with Crippen LogP contribution < -0.4 is 15.0 Å². The standard InChI is InChI=1S/C20H22N2O3/c1-24-19-5-3-2-4-16(19)6-11-20(23)21-17-7-9-18(10-8-17)22-12-14-25-15-13-22/h2-11H,12-15H2,1H3,(H,21,23)/b11-6+. The number of para-hydroxylation sites is 1. The normalized spacial score (nSPS) is 14.5. The number of hydrogen-bond donors (Lipinski definition) is 1. The van der Waals surface area contributed by atoms with Gasteiger partial charge in [0.05, 0.1) is 20.3 Å². The Morgan fingerprint density at radius 1 is 1.12 bits per heavy atom. The maximum Gasteiger partial charge on any atom is 0.248 e. The highest BCUT2D eigenvalue weighted by Crippen LogP contribution is 2.20. The number of hydrogen-bond acceptors (Lipinski definition) is 4. The number of rotatable bonds is 5. The van der Waals surface area contributed by atoms with Gasteiger partial charge in [0, 0.05) is 36.1 Å². The molecule has 1 N–H and O–H groups in total. The highest BCUT2D eigenvalue weighted by atomic mass is 16.5. The minimum atomic E-state index is -0.176. The number of methoxy groups -OCH3 is 1. The van der Waals surface area contributed by atoms with Crippen molar-refractivity contribution >= 4 is 23.4 Å². The van der Waals surface area contributed by atoms with Crippen LogP contribution in [0.25, 0.3) is 6.08 Å². The van der Waals surface area contributed by atoms with Crippen LogP contribution in [0.5, 0.6) is 5.75 Å². The van der Waals surface area contributed by atoms with E-state index in [2.05, 4.69) is 10.2 Å². The van der Waals surface area contributed by atoms with Crippen molar-refractivity contribution in [2.24, 2.45) is 0 Å². The zero-order valence-corrected chi connectivity index (χ0v) is 14.3. The fraction of sp³-hybridized carbons (Fsp3) is 0.250. The number of ether oxygens (including phenoxy) is 2. The molecule has 0 saturated carbocycles. The fourth-order valence-corrected chi connectivity index (χ4v) is 2.73. The summed E-state index contributed by atoms with van der Waals surface area (Å²) in [4.78, 5) is 14.4. The number of carbonyl (C=O) groups is 1. The van der Waals surface area contributed by atoms with E-state index in [4.69, 9.17) is 9.47 Å². The Kier molecular flexibility index (Phi) is 5.69. The second-order valence-corrected chi connectivity index (χ2v) is 5.71. The lowest BCUT2D eigenvalue weighted by atomic mass is 10.2. The Labute approximate surface area is 147 Å². The molecule has 0 bridgehead atoms. The Hall–Kier alpha value is -2.79. The SMILES string of the molecule is COc1ccccc1/C=C/C(=O)Nc1ccc(N2CCOCC2)cc1. The van der Waals surface area contributed by atoms with Crippen LogP contribution in [0.2, 0.25) is 0 Å². The first kappa shape index (κ1) is 17.0. The van der Waals surface area contributed by atoms with Gasteiger partial charge in [-0.2, -0.15) is 0 Å². The monoisotopic (exact) mass is 338 g/mol.